The van der Waals surface area contributed by atoms with Crippen LogP contribution in [0.4, 0.5) is 13.2 Å². The maximum Gasteiger partial charge on any atom is 0.538 e. The molecule has 13 heavy (non-hydrogen) atoms. The van der Waals surface area contributed by atoms with Crippen LogP contribution < -0.4 is 0 Å². The number of hydrogen-bond acceptors (Lipinski definition) is 3. The Hall–Kier alpha value is -0.340. The molecule has 0 aliphatic carbocycles. The lowest BCUT2D eigenvalue weighted by molar-refractivity contribution is -0.273. The highest BCUT2D eigenvalue weighted by Gasteiger charge is 2.39. The van der Waals surface area contributed by atoms with Crippen molar-refractivity contribution in [1.29, 1.82) is 0 Å². The molecule has 0 aromatic carbocycles. The third-order valence-corrected chi connectivity index (χ3v) is 2.77. The van der Waals surface area contributed by atoms with Gasteiger partial charge in [0.15, 0.2) is 0 Å². The summed E-state index contributed by atoms with van der Waals surface area (Å²) in [5, 5.41) is 0. The number of hydrogen-bond donors (Lipinski definition) is 0. The second-order valence-electron chi connectivity index (χ2n) is 2.07. The number of alkyl halides is 3. The summed E-state index contributed by atoms with van der Waals surface area (Å²) >= 11 is 0. The minimum absolute atomic E-state index is 0.0606. The number of nitrogens with zero attached hydrogens (tertiary/aromatic N) is 1. The molecule has 4 nitrogen and oxygen atoms in total. The molecule has 0 aromatic heterocycles. The molecule has 0 unspecified atom stereocenters. The predicted molar refractivity (Wildman–Crippen MR) is 39.0 cm³/mol. The Kier molecular flexibility index (Phi) is 4.14. The summed E-state index contributed by atoms with van der Waals surface area (Å²) in [6, 6.07) is 0. The first kappa shape index (κ1) is 12.7. The lowest BCUT2D eigenvalue weighted by Crippen LogP contribution is -2.35. The molecule has 0 bridgehead atoms. The summed E-state index contributed by atoms with van der Waals surface area (Å²) in [4.78, 5) is 0. The number of rotatable bonds is 4. The monoisotopic (exact) mass is 221 g/mol. The van der Waals surface area contributed by atoms with Crippen molar-refractivity contribution >= 4 is 10.3 Å². The van der Waals surface area contributed by atoms with E-state index in [1.54, 1.807) is 0 Å². The van der Waals surface area contributed by atoms with E-state index in [0.717, 1.165) is 0 Å². The van der Waals surface area contributed by atoms with Crippen LogP contribution >= 0.6 is 0 Å². The van der Waals surface area contributed by atoms with Gasteiger partial charge in [0.25, 0.3) is 0 Å². The van der Waals surface area contributed by atoms with Crippen molar-refractivity contribution in [2.75, 3.05) is 13.1 Å². The molecule has 8 heteroatoms. The summed E-state index contributed by atoms with van der Waals surface area (Å²) in [6.45, 7) is 2.71. The molecular formula is C5H10F3NO3S. The molecule has 0 heterocycles. The Balaban J connectivity index is 4.58. The molecule has 0 fully saturated rings. The second-order valence-corrected chi connectivity index (χ2v) is 3.61. The van der Waals surface area contributed by atoms with Crippen LogP contribution in [0.2, 0.25) is 0 Å². The van der Waals surface area contributed by atoms with Crippen LogP contribution in [0.25, 0.3) is 0 Å². The van der Waals surface area contributed by atoms with Crippen LogP contribution in [0.1, 0.15) is 13.8 Å². The zero-order valence-electron chi connectivity index (χ0n) is 7.13. The molecule has 0 aliphatic heterocycles. The Morgan fingerprint density at radius 1 is 1.23 bits per heavy atom. The molecule has 0 radical (unpaired) electrons. The van der Waals surface area contributed by atoms with E-state index in [4.69, 9.17) is 0 Å². The van der Waals surface area contributed by atoms with Gasteiger partial charge in [-0.15, -0.1) is 13.2 Å². The average molecular weight is 221 g/mol. The van der Waals surface area contributed by atoms with E-state index < -0.39 is 16.7 Å². The SMILES string of the molecule is CCN(CC)S(=O)(=O)OC(F)(F)F. The van der Waals surface area contributed by atoms with Crippen LogP contribution in [0, 0.1) is 0 Å². The Labute approximate surface area is 74.5 Å². The Morgan fingerprint density at radius 2 is 1.62 bits per heavy atom. The van der Waals surface area contributed by atoms with Gasteiger partial charge in [0.2, 0.25) is 0 Å². The van der Waals surface area contributed by atoms with Crippen LogP contribution in [0.5, 0.6) is 0 Å². The van der Waals surface area contributed by atoms with Crippen molar-refractivity contribution in [2.45, 2.75) is 20.2 Å². The van der Waals surface area contributed by atoms with E-state index in [-0.39, 0.29) is 13.1 Å². The molecule has 80 valence electrons. The first-order valence-electron chi connectivity index (χ1n) is 3.50. The first-order valence-corrected chi connectivity index (χ1v) is 4.87. The van der Waals surface area contributed by atoms with E-state index in [1.807, 2.05) is 0 Å². The zero-order chi connectivity index (χ0) is 10.7. The fourth-order valence-electron chi connectivity index (χ4n) is 0.712. The highest BCUT2D eigenvalue weighted by molar-refractivity contribution is 7.84. The zero-order valence-corrected chi connectivity index (χ0v) is 7.94. The van der Waals surface area contributed by atoms with Gasteiger partial charge in [-0.1, -0.05) is 13.8 Å². The molecule has 0 aliphatic rings. The summed E-state index contributed by atoms with van der Waals surface area (Å²) in [5.74, 6) is 0. The lowest BCUT2D eigenvalue weighted by atomic mass is 10.7. The molecule has 0 rings (SSSR count). The van der Waals surface area contributed by atoms with Crippen molar-refractivity contribution in [3.8, 4) is 0 Å². The van der Waals surface area contributed by atoms with Crippen molar-refractivity contribution in [1.82, 2.24) is 4.31 Å². The van der Waals surface area contributed by atoms with Crippen LogP contribution in [-0.4, -0.2) is 32.2 Å². The van der Waals surface area contributed by atoms with Gasteiger partial charge in [-0.05, 0) is 0 Å². The lowest BCUT2D eigenvalue weighted by Gasteiger charge is -2.18. The van der Waals surface area contributed by atoms with Gasteiger partial charge in [-0.25, -0.2) is 0 Å². The Bertz CT molecular complexity index is 244. The molecule has 0 saturated carbocycles. The second kappa shape index (κ2) is 4.25. The molecule has 0 aromatic rings. The third kappa shape index (κ3) is 4.44. The van der Waals surface area contributed by atoms with Crippen molar-refractivity contribution in [2.24, 2.45) is 0 Å². The van der Waals surface area contributed by atoms with Gasteiger partial charge in [0, 0.05) is 13.1 Å². The van der Waals surface area contributed by atoms with E-state index >= 15 is 0 Å². The van der Waals surface area contributed by atoms with E-state index in [1.165, 1.54) is 13.8 Å². The molecule has 0 saturated heterocycles. The van der Waals surface area contributed by atoms with Gasteiger partial charge in [-0.3, -0.25) is 0 Å². The van der Waals surface area contributed by atoms with Gasteiger partial charge >= 0.3 is 16.7 Å². The maximum atomic E-state index is 11.6. The van der Waals surface area contributed by atoms with E-state index in [0.29, 0.717) is 4.31 Å². The summed E-state index contributed by atoms with van der Waals surface area (Å²) < 4.78 is 59.8. The van der Waals surface area contributed by atoms with Crippen molar-refractivity contribution in [3.63, 3.8) is 0 Å². The molecular weight excluding hydrogens is 211 g/mol. The molecule has 0 spiro atoms. The summed E-state index contributed by atoms with van der Waals surface area (Å²) in [7, 11) is -4.67. The molecule has 0 N–H and O–H groups in total. The Morgan fingerprint density at radius 3 is 1.85 bits per heavy atom. The maximum absolute atomic E-state index is 11.6. The van der Waals surface area contributed by atoms with Crippen LogP contribution in [-0.2, 0) is 14.5 Å². The highest BCUT2D eigenvalue weighted by Crippen LogP contribution is 2.21. The standard InChI is InChI=1S/C5H10F3NO3S/c1-3-9(4-2)13(10,11)12-5(6,7)8/h3-4H2,1-2H3. The third-order valence-electron chi connectivity index (χ3n) is 1.22. The number of halogens is 3. The minimum Gasteiger partial charge on any atom is -0.181 e. The van der Waals surface area contributed by atoms with Crippen molar-refractivity contribution < 1.29 is 25.8 Å². The highest BCUT2D eigenvalue weighted by atomic mass is 32.2. The summed E-state index contributed by atoms with van der Waals surface area (Å²) in [5.41, 5.74) is 0. The minimum atomic E-state index is -5.17. The predicted octanol–water partition coefficient (Wildman–Crippen LogP) is 1.11. The largest absolute Gasteiger partial charge is 0.538 e. The van der Waals surface area contributed by atoms with E-state index in [9.17, 15) is 21.6 Å². The average Bonchev–Trinajstić information content (AvgIpc) is 1.83. The van der Waals surface area contributed by atoms with Gasteiger partial charge < -0.3 is 0 Å². The fourth-order valence-corrected chi connectivity index (χ4v) is 1.69. The normalized spacial score (nSPS) is 13.7. The van der Waals surface area contributed by atoms with Crippen molar-refractivity contribution in [3.05, 3.63) is 0 Å². The quantitative estimate of drug-likeness (QED) is 0.714. The van der Waals surface area contributed by atoms with Crippen LogP contribution in [0.3, 0.4) is 0 Å². The van der Waals surface area contributed by atoms with E-state index in [2.05, 4.69) is 4.18 Å². The summed E-state index contributed by atoms with van der Waals surface area (Å²) in [6.07, 6.45) is -5.17. The molecule has 0 amide bonds. The van der Waals surface area contributed by atoms with Gasteiger partial charge in [0.05, 0.1) is 0 Å². The topological polar surface area (TPSA) is 46.6 Å². The van der Waals surface area contributed by atoms with Crippen LogP contribution in [0.15, 0.2) is 0 Å². The smallest absolute Gasteiger partial charge is 0.181 e. The molecule has 0 atom stereocenters. The van der Waals surface area contributed by atoms with Gasteiger partial charge in [-0.2, -0.15) is 16.9 Å². The fraction of sp³-hybridized carbons (Fsp3) is 1.00. The van der Waals surface area contributed by atoms with Gasteiger partial charge in [0.1, 0.15) is 0 Å². The first-order chi connectivity index (χ1) is 5.73.